The summed E-state index contributed by atoms with van der Waals surface area (Å²) < 4.78 is 1.27. The first kappa shape index (κ1) is 11.3. The van der Waals surface area contributed by atoms with Gasteiger partial charge in [0.15, 0.2) is 0 Å². The summed E-state index contributed by atoms with van der Waals surface area (Å²) >= 11 is 1.72. The van der Waals surface area contributed by atoms with E-state index in [1.54, 1.807) is 18.3 Å². The molecular formula is C14H16OS. The maximum absolute atomic E-state index is 11.7. The Bertz CT molecular complexity index is 510. The normalized spacial score (nSPS) is 13.2. The van der Waals surface area contributed by atoms with E-state index in [1.165, 1.54) is 15.6 Å². The highest BCUT2D eigenvalue weighted by molar-refractivity contribution is 7.17. The van der Waals surface area contributed by atoms with Gasteiger partial charge in [0.2, 0.25) is 0 Å². The molecular weight excluding hydrogens is 216 g/mol. The van der Waals surface area contributed by atoms with E-state index in [9.17, 15) is 4.79 Å². The number of benzene rings is 1. The highest BCUT2D eigenvalue weighted by Gasteiger charge is 2.23. The van der Waals surface area contributed by atoms with Crippen molar-refractivity contribution in [2.24, 2.45) is 5.92 Å². The van der Waals surface area contributed by atoms with Crippen LogP contribution < -0.4 is 0 Å². The van der Waals surface area contributed by atoms with Crippen LogP contribution >= 0.6 is 11.3 Å². The molecule has 0 spiro atoms. The predicted octanol–water partition coefficient (Wildman–Crippen LogP) is 4.23. The summed E-state index contributed by atoms with van der Waals surface area (Å²) in [4.78, 5) is 11.7. The molecule has 2 aromatic rings. The Morgan fingerprint density at radius 1 is 1.25 bits per heavy atom. The van der Waals surface area contributed by atoms with Gasteiger partial charge in [0.1, 0.15) is 5.78 Å². The lowest BCUT2D eigenvalue weighted by molar-refractivity contribution is -0.119. The molecule has 1 aromatic carbocycles. The topological polar surface area (TPSA) is 17.1 Å². The van der Waals surface area contributed by atoms with Crippen LogP contribution in [0, 0.1) is 5.92 Å². The third-order valence-electron chi connectivity index (χ3n) is 2.95. The van der Waals surface area contributed by atoms with Crippen molar-refractivity contribution in [3.05, 3.63) is 35.2 Å². The molecule has 0 bridgehead atoms. The molecule has 16 heavy (non-hydrogen) atoms. The fourth-order valence-corrected chi connectivity index (χ4v) is 3.28. The van der Waals surface area contributed by atoms with Crippen LogP contribution in [0.1, 0.15) is 32.3 Å². The molecule has 0 aliphatic rings. The summed E-state index contributed by atoms with van der Waals surface area (Å²) in [6.07, 6.45) is 0. The molecule has 1 heterocycles. The van der Waals surface area contributed by atoms with Gasteiger partial charge >= 0.3 is 0 Å². The minimum atomic E-state index is 0.0381. The zero-order valence-electron chi connectivity index (χ0n) is 9.86. The second-order valence-electron chi connectivity index (χ2n) is 4.52. The second kappa shape index (κ2) is 4.38. The van der Waals surface area contributed by atoms with Gasteiger partial charge in [-0.05, 0) is 35.2 Å². The number of carbonyl (C=O) groups is 1. The number of Topliss-reactive ketones (excluding diaryl/α,β-unsaturated/α-hetero) is 1. The summed E-state index contributed by atoms with van der Waals surface area (Å²) in [6, 6.07) is 8.30. The molecule has 0 saturated heterocycles. The highest BCUT2D eigenvalue weighted by atomic mass is 32.1. The summed E-state index contributed by atoms with van der Waals surface area (Å²) in [5.41, 5.74) is 1.20. The Morgan fingerprint density at radius 2 is 1.94 bits per heavy atom. The molecule has 0 radical (unpaired) electrons. The van der Waals surface area contributed by atoms with Crippen molar-refractivity contribution >= 4 is 27.2 Å². The molecule has 1 nitrogen and oxygen atoms in total. The van der Waals surface area contributed by atoms with Gasteiger partial charge < -0.3 is 0 Å². The van der Waals surface area contributed by atoms with Gasteiger partial charge in [0.05, 0.1) is 0 Å². The van der Waals surface area contributed by atoms with Crippen LogP contribution in [0.4, 0.5) is 0 Å². The molecule has 1 atom stereocenters. The number of ketones is 1. The molecule has 1 aromatic heterocycles. The molecule has 0 amide bonds. The van der Waals surface area contributed by atoms with Crippen LogP contribution in [0.2, 0.25) is 0 Å². The largest absolute Gasteiger partial charge is 0.299 e. The predicted molar refractivity (Wildman–Crippen MR) is 70.1 cm³/mol. The van der Waals surface area contributed by atoms with Crippen LogP contribution in [0.15, 0.2) is 29.6 Å². The molecule has 84 valence electrons. The summed E-state index contributed by atoms with van der Waals surface area (Å²) in [5.74, 6) is 0.658. The number of hydrogen-bond acceptors (Lipinski definition) is 2. The first-order chi connectivity index (χ1) is 7.61. The standard InChI is InChI=1S/C14H16OS/c1-9(2)14(10(3)15)12-8-16-13-7-5-4-6-11(12)13/h4-9,14H,1-3H3. The number of hydrogen-bond donors (Lipinski definition) is 0. The highest BCUT2D eigenvalue weighted by Crippen LogP contribution is 2.35. The zero-order chi connectivity index (χ0) is 11.7. The van der Waals surface area contributed by atoms with E-state index in [2.05, 4.69) is 31.4 Å². The van der Waals surface area contributed by atoms with Crippen molar-refractivity contribution in [1.82, 2.24) is 0 Å². The maximum atomic E-state index is 11.7. The van der Waals surface area contributed by atoms with Crippen molar-refractivity contribution in [3.63, 3.8) is 0 Å². The first-order valence-corrected chi connectivity index (χ1v) is 6.46. The average molecular weight is 232 g/mol. The fraction of sp³-hybridized carbons (Fsp3) is 0.357. The van der Waals surface area contributed by atoms with Crippen LogP contribution in [-0.2, 0) is 4.79 Å². The van der Waals surface area contributed by atoms with Crippen molar-refractivity contribution in [2.45, 2.75) is 26.7 Å². The first-order valence-electron chi connectivity index (χ1n) is 5.58. The van der Waals surface area contributed by atoms with E-state index >= 15 is 0 Å². The molecule has 0 saturated carbocycles. The number of rotatable bonds is 3. The lowest BCUT2D eigenvalue weighted by Gasteiger charge is -2.17. The van der Waals surface area contributed by atoms with E-state index in [-0.39, 0.29) is 11.7 Å². The third-order valence-corrected chi connectivity index (χ3v) is 3.93. The SMILES string of the molecule is CC(=O)C(c1csc2ccccc12)C(C)C. The van der Waals surface area contributed by atoms with Crippen LogP contribution in [0.3, 0.4) is 0 Å². The van der Waals surface area contributed by atoms with Crippen LogP contribution in [0.5, 0.6) is 0 Å². The van der Waals surface area contributed by atoms with Crippen molar-refractivity contribution in [3.8, 4) is 0 Å². The molecule has 0 fully saturated rings. The average Bonchev–Trinajstić information content (AvgIpc) is 2.61. The van der Waals surface area contributed by atoms with Crippen molar-refractivity contribution < 1.29 is 4.79 Å². The minimum Gasteiger partial charge on any atom is -0.299 e. The molecule has 2 heteroatoms. The zero-order valence-corrected chi connectivity index (χ0v) is 10.7. The summed E-state index contributed by atoms with van der Waals surface area (Å²) in [7, 11) is 0. The lowest BCUT2D eigenvalue weighted by atomic mass is 9.85. The smallest absolute Gasteiger partial charge is 0.137 e. The fourth-order valence-electron chi connectivity index (χ4n) is 2.29. The Hall–Kier alpha value is -1.15. The van der Waals surface area contributed by atoms with E-state index < -0.39 is 0 Å². The van der Waals surface area contributed by atoms with Gasteiger partial charge in [-0.1, -0.05) is 32.0 Å². The molecule has 1 unspecified atom stereocenters. The van der Waals surface area contributed by atoms with Gasteiger partial charge in [-0.25, -0.2) is 0 Å². The third kappa shape index (κ3) is 1.90. The van der Waals surface area contributed by atoms with E-state index in [1.807, 2.05) is 12.1 Å². The van der Waals surface area contributed by atoms with Gasteiger partial charge in [-0.15, -0.1) is 11.3 Å². The molecule has 2 rings (SSSR count). The van der Waals surface area contributed by atoms with Gasteiger partial charge in [-0.3, -0.25) is 4.79 Å². The van der Waals surface area contributed by atoms with E-state index in [0.29, 0.717) is 5.92 Å². The number of thiophene rings is 1. The van der Waals surface area contributed by atoms with Crippen molar-refractivity contribution in [1.29, 1.82) is 0 Å². The Morgan fingerprint density at radius 3 is 2.56 bits per heavy atom. The Labute approximate surface area is 100 Å². The molecule has 0 N–H and O–H groups in total. The monoisotopic (exact) mass is 232 g/mol. The van der Waals surface area contributed by atoms with Crippen molar-refractivity contribution in [2.75, 3.05) is 0 Å². The number of fused-ring (bicyclic) bond motifs is 1. The Balaban J connectivity index is 2.57. The molecule has 0 aliphatic heterocycles. The van der Waals surface area contributed by atoms with Gasteiger partial charge in [0.25, 0.3) is 0 Å². The minimum absolute atomic E-state index is 0.0381. The van der Waals surface area contributed by atoms with Crippen LogP contribution in [-0.4, -0.2) is 5.78 Å². The summed E-state index contributed by atoms with van der Waals surface area (Å²) in [5, 5.41) is 3.37. The van der Waals surface area contributed by atoms with E-state index in [4.69, 9.17) is 0 Å². The van der Waals surface area contributed by atoms with Gasteiger partial charge in [0, 0.05) is 10.6 Å². The van der Waals surface area contributed by atoms with E-state index in [0.717, 1.165) is 0 Å². The second-order valence-corrected chi connectivity index (χ2v) is 5.43. The Kier molecular flexibility index (Phi) is 3.10. The summed E-state index contributed by atoms with van der Waals surface area (Å²) in [6.45, 7) is 5.91. The van der Waals surface area contributed by atoms with Gasteiger partial charge in [-0.2, -0.15) is 0 Å². The molecule has 0 aliphatic carbocycles. The number of carbonyl (C=O) groups excluding carboxylic acids is 1. The quantitative estimate of drug-likeness (QED) is 0.774. The lowest BCUT2D eigenvalue weighted by Crippen LogP contribution is -2.14. The maximum Gasteiger partial charge on any atom is 0.137 e. The van der Waals surface area contributed by atoms with Crippen LogP contribution in [0.25, 0.3) is 10.1 Å².